The summed E-state index contributed by atoms with van der Waals surface area (Å²) in [6.45, 7) is 9.13. The van der Waals surface area contributed by atoms with Crippen LogP contribution in [0.5, 0.6) is 0 Å². The van der Waals surface area contributed by atoms with E-state index in [1.54, 1.807) is 0 Å². The topological polar surface area (TPSA) is 32.6 Å². The Bertz CT molecular complexity index is 279. The van der Waals surface area contributed by atoms with Gasteiger partial charge in [-0.25, -0.2) is 0 Å². The molecule has 3 atom stereocenters. The molecule has 2 nitrogen and oxygen atoms in total. The first kappa shape index (κ1) is 10.0. The lowest BCUT2D eigenvalue weighted by Crippen LogP contribution is -2.26. The van der Waals surface area contributed by atoms with E-state index in [-0.39, 0.29) is 0 Å². The van der Waals surface area contributed by atoms with Gasteiger partial charge >= 0.3 is 0 Å². The molecule has 0 aromatic carbocycles. The second-order valence-corrected chi connectivity index (χ2v) is 5.98. The minimum Gasteiger partial charge on any atom is -0.411 e. The highest BCUT2D eigenvalue weighted by atomic mass is 16.4. The third-order valence-corrected chi connectivity index (χ3v) is 5.34. The molecule has 80 valence electrons. The molecular formula is C12H21NO. The number of rotatable bonds is 1. The summed E-state index contributed by atoms with van der Waals surface area (Å²) in [5, 5.41) is 12.3. The monoisotopic (exact) mass is 195 g/mol. The van der Waals surface area contributed by atoms with Crippen LogP contribution in [0.4, 0.5) is 0 Å². The smallest absolute Gasteiger partial charge is 0.0574 e. The van der Waals surface area contributed by atoms with E-state index in [2.05, 4.69) is 25.9 Å². The van der Waals surface area contributed by atoms with Crippen molar-refractivity contribution >= 4 is 5.71 Å². The lowest BCUT2D eigenvalue weighted by atomic mass is 9.71. The summed E-state index contributed by atoms with van der Waals surface area (Å²) in [5.41, 5.74) is 1.82. The second kappa shape index (κ2) is 2.74. The molecule has 0 saturated heterocycles. The molecule has 0 aromatic rings. The predicted molar refractivity (Wildman–Crippen MR) is 57.6 cm³/mol. The zero-order valence-corrected chi connectivity index (χ0v) is 9.67. The zero-order valence-electron chi connectivity index (χ0n) is 9.67. The van der Waals surface area contributed by atoms with E-state index in [9.17, 15) is 0 Å². The lowest BCUT2D eigenvalue weighted by molar-refractivity contribution is 0.152. The van der Waals surface area contributed by atoms with Crippen molar-refractivity contribution in [2.75, 3.05) is 0 Å². The minimum absolute atomic E-state index is 0.420. The van der Waals surface area contributed by atoms with Gasteiger partial charge in [0, 0.05) is 5.92 Å². The number of nitrogens with zero attached hydrogens (tertiary/aromatic N) is 1. The Labute approximate surface area is 86.4 Å². The molecule has 3 unspecified atom stereocenters. The van der Waals surface area contributed by atoms with E-state index >= 15 is 0 Å². The summed E-state index contributed by atoms with van der Waals surface area (Å²) in [6.07, 6.45) is 3.86. The van der Waals surface area contributed by atoms with E-state index in [1.807, 2.05) is 6.92 Å². The molecule has 0 spiro atoms. The number of fused-ring (bicyclic) bond motifs is 2. The van der Waals surface area contributed by atoms with Crippen LogP contribution in [0, 0.1) is 22.7 Å². The van der Waals surface area contributed by atoms with Crippen molar-refractivity contribution < 1.29 is 5.21 Å². The minimum atomic E-state index is 0.420. The van der Waals surface area contributed by atoms with Gasteiger partial charge in [0.15, 0.2) is 0 Å². The van der Waals surface area contributed by atoms with Gasteiger partial charge in [0.25, 0.3) is 0 Å². The third-order valence-electron chi connectivity index (χ3n) is 5.34. The molecule has 0 heterocycles. The molecule has 2 fully saturated rings. The fourth-order valence-corrected chi connectivity index (χ4v) is 3.81. The Hall–Kier alpha value is -0.530. The Morgan fingerprint density at radius 2 is 2.00 bits per heavy atom. The Balaban J connectivity index is 2.32. The summed E-state index contributed by atoms with van der Waals surface area (Å²) in [7, 11) is 0. The Morgan fingerprint density at radius 3 is 2.36 bits per heavy atom. The van der Waals surface area contributed by atoms with Gasteiger partial charge in [-0.1, -0.05) is 25.9 Å². The molecule has 1 N–H and O–H groups in total. The molecular weight excluding hydrogens is 174 g/mol. The first-order valence-corrected chi connectivity index (χ1v) is 5.61. The molecule has 14 heavy (non-hydrogen) atoms. The van der Waals surface area contributed by atoms with Crippen LogP contribution in [0.2, 0.25) is 0 Å². The predicted octanol–water partition coefficient (Wildman–Crippen LogP) is 3.30. The summed E-state index contributed by atoms with van der Waals surface area (Å²) < 4.78 is 0. The van der Waals surface area contributed by atoms with Crippen molar-refractivity contribution in [3.05, 3.63) is 0 Å². The first-order chi connectivity index (χ1) is 6.42. The SMILES string of the molecule is C/C(=N\O)C1CC2(C)CCC1C2(C)C. The molecule has 0 amide bonds. The molecule has 2 rings (SSSR count). The maximum Gasteiger partial charge on any atom is 0.0574 e. The van der Waals surface area contributed by atoms with Gasteiger partial charge in [-0.15, -0.1) is 0 Å². The van der Waals surface area contributed by atoms with Gasteiger partial charge in [0.1, 0.15) is 0 Å². The van der Waals surface area contributed by atoms with Crippen molar-refractivity contribution in [1.82, 2.24) is 0 Å². The van der Waals surface area contributed by atoms with Gasteiger partial charge in [-0.2, -0.15) is 0 Å². The summed E-state index contributed by atoms with van der Waals surface area (Å²) in [5.74, 6) is 1.25. The average molecular weight is 195 g/mol. The van der Waals surface area contributed by atoms with E-state index < -0.39 is 0 Å². The average Bonchev–Trinajstić information content (AvgIpc) is 2.47. The van der Waals surface area contributed by atoms with Gasteiger partial charge in [-0.3, -0.25) is 0 Å². The van der Waals surface area contributed by atoms with Crippen molar-refractivity contribution in [1.29, 1.82) is 0 Å². The molecule has 0 aromatic heterocycles. The fraction of sp³-hybridized carbons (Fsp3) is 0.917. The maximum absolute atomic E-state index is 8.87. The third kappa shape index (κ3) is 0.999. The van der Waals surface area contributed by atoms with Crippen LogP contribution in [0.15, 0.2) is 5.16 Å². The van der Waals surface area contributed by atoms with Gasteiger partial charge in [0.2, 0.25) is 0 Å². The summed E-state index contributed by atoms with van der Waals surface area (Å²) in [4.78, 5) is 0. The molecule has 2 bridgehead atoms. The number of hydrogen-bond acceptors (Lipinski definition) is 2. The lowest BCUT2D eigenvalue weighted by Gasteiger charge is -2.34. The van der Waals surface area contributed by atoms with E-state index in [1.165, 1.54) is 19.3 Å². The van der Waals surface area contributed by atoms with E-state index in [4.69, 9.17) is 5.21 Å². The number of hydrogen-bond donors (Lipinski definition) is 1. The van der Waals surface area contributed by atoms with Crippen molar-refractivity contribution in [3.63, 3.8) is 0 Å². The highest BCUT2D eigenvalue weighted by Crippen LogP contribution is 2.67. The van der Waals surface area contributed by atoms with Gasteiger partial charge in [0.05, 0.1) is 5.71 Å². The van der Waals surface area contributed by atoms with Crippen LogP contribution in [-0.2, 0) is 0 Å². The van der Waals surface area contributed by atoms with Gasteiger partial charge < -0.3 is 5.21 Å². The van der Waals surface area contributed by atoms with Crippen LogP contribution in [0.1, 0.15) is 47.0 Å². The second-order valence-electron chi connectivity index (χ2n) is 5.98. The largest absolute Gasteiger partial charge is 0.411 e. The van der Waals surface area contributed by atoms with Crippen LogP contribution >= 0.6 is 0 Å². The zero-order chi connectivity index (χ0) is 10.6. The molecule has 2 aliphatic carbocycles. The quantitative estimate of drug-likeness (QED) is 0.388. The summed E-state index contributed by atoms with van der Waals surface area (Å²) >= 11 is 0. The van der Waals surface area contributed by atoms with E-state index in [0.29, 0.717) is 16.7 Å². The molecule has 2 heteroatoms. The normalized spacial score (nSPS) is 45.9. The van der Waals surface area contributed by atoms with Crippen molar-refractivity contribution in [3.8, 4) is 0 Å². The fourth-order valence-electron chi connectivity index (χ4n) is 3.81. The van der Waals surface area contributed by atoms with Crippen molar-refractivity contribution in [2.45, 2.75) is 47.0 Å². The standard InChI is InChI=1S/C12H21NO/c1-8(13-14)9-7-12(4)6-5-10(9)11(12,2)3/h9-10,14H,5-7H2,1-4H3/b13-8+. The van der Waals surface area contributed by atoms with Crippen LogP contribution in [0.25, 0.3) is 0 Å². The number of oxime groups is 1. The highest BCUT2D eigenvalue weighted by molar-refractivity contribution is 5.84. The van der Waals surface area contributed by atoms with Gasteiger partial charge in [-0.05, 0) is 42.9 Å². The Kier molecular flexibility index (Phi) is 1.96. The van der Waals surface area contributed by atoms with Crippen LogP contribution in [0.3, 0.4) is 0 Å². The van der Waals surface area contributed by atoms with Crippen LogP contribution < -0.4 is 0 Å². The highest BCUT2D eigenvalue weighted by Gasteiger charge is 2.60. The summed E-state index contributed by atoms with van der Waals surface area (Å²) in [6, 6.07) is 0. The molecule has 2 aliphatic rings. The first-order valence-electron chi connectivity index (χ1n) is 5.61. The van der Waals surface area contributed by atoms with E-state index in [0.717, 1.165) is 11.6 Å². The molecule has 2 saturated carbocycles. The molecule has 0 aliphatic heterocycles. The Morgan fingerprint density at radius 1 is 1.36 bits per heavy atom. The molecule has 0 radical (unpaired) electrons. The van der Waals surface area contributed by atoms with Crippen molar-refractivity contribution in [2.24, 2.45) is 27.8 Å². The van der Waals surface area contributed by atoms with Crippen LogP contribution in [-0.4, -0.2) is 10.9 Å². The maximum atomic E-state index is 8.87.